The molecule has 0 heterocycles. The maximum absolute atomic E-state index is 11.3. The first-order chi connectivity index (χ1) is 9.62. The second-order valence-electron chi connectivity index (χ2n) is 4.43. The van der Waals surface area contributed by atoms with Gasteiger partial charge in [0.15, 0.2) is 6.10 Å². The number of carboxylic acid groups (broad SMARTS) is 1. The first-order valence-corrected chi connectivity index (χ1v) is 6.67. The van der Waals surface area contributed by atoms with Gasteiger partial charge in [0.05, 0.1) is 14.2 Å². The van der Waals surface area contributed by atoms with E-state index in [1.807, 2.05) is 6.92 Å². The van der Waals surface area contributed by atoms with Crippen LogP contribution in [-0.2, 0) is 16.0 Å². The van der Waals surface area contributed by atoms with Crippen LogP contribution in [0.25, 0.3) is 0 Å². The highest BCUT2D eigenvalue weighted by Crippen LogP contribution is 2.25. The summed E-state index contributed by atoms with van der Waals surface area (Å²) >= 11 is 0. The number of benzene rings is 1. The number of aliphatic carboxylic acids is 1. The molecule has 0 aliphatic heterocycles. The molecule has 5 nitrogen and oxygen atoms in total. The van der Waals surface area contributed by atoms with Gasteiger partial charge >= 0.3 is 5.97 Å². The molecular formula is C15H22O5. The smallest absolute Gasteiger partial charge is 0.333 e. The molecule has 0 radical (unpaired) electrons. The van der Waals surface area contributed by atoms with Gasteiger partial charge in [0.1, 0.15) is 11.5 Å². The topological polar surface area (TPSA) is 65.0 Å². The molecule has 0 unspecified atom stereocenters. The Morgan fingerprint density at radius 3 is 2.60 bits per heavy atom. The van der Waals surface area contributed by atoms with E-state index in [0.717, 1.165) is 18.4 Å². The van der Waals surface area contributed by atoms with E-state index in [1.165, 1.54) is 0 Å². The van der Waals surface area contributed by atoms with Crippen molar-refractivity contribution in [2.75, 3.05) is 20.8 Å². The van der Waals surface area contributed by atoms with Crippen LogP contribution in [0.15, 0.2) is 18.2 Å². The lowest BCUT2D eigenvalue weighted by Gasteiger charge is -2.16. The van der Waals surface area contributed by atoms with Crippen molar-refractivity contribution >= 4 is 5.97 Å². The number of methoxy groups -OCH3 is 2. The van der Waals surface area contributed by atoms with Crippen LogP contribution in [0.1, 0.15) is 25.3 Å². The second kappa shape index (κ2) is 8.43. The molecule has 1 aromatic rings. The third-order valence-corrected chi connectivity index (χ3v) is 2.99. The molecule has 5 heteroatoms. The van der Waals surface area contributed by atoms with E-state index in [0.29, 0.717) is 18.1 Å². The highest BCUT2D eigenvalue weighted by atomic mass is 16.5. The Labute approximate surface area is 119 Å². The molecule has 0 aromatic heterocycles. The van der Waals surface area contributed by atoms with E-state index < -0.39 is 12.1 Å². The van der Waals surface area contributed by atoms with E-state index in [9.17, 15) is 9.90 Å². The standard InChI is InChI=1S/C15H22O5/c1-4-5-8-20-14(15(16)17)10-11-9-12(18-2)6-7-13(11)19-3/h6-7,9,14H,4-5,8,10H2,1-3H3,(H,16,17)/t14-/m1/s1. The van der Waals surface area contributed by atoms with Crippen molar-refractivity contribution in [3.05, 3.63) is 23.8 Å². The average Bonchev–Trinajstić information content (AvgIpc) is 2.46. The first-order valence-electron chi connectivity index (χ1n) is 6.67. The summed E-state index contributed by atoms with van der Waals surface area (Å²) in [5.74, 6) is 0.334. The van der Waals surface area contributed by atoms with Gasteiger partial charge in [-0.25, -0.2) is 4.79 Å². The number of carbonyl (C=O) groups is 1. The summed E-state index contributed by atoms with van der Waals surface area (Å²) in [6.07, 6.45) is 1.19. The molecule has 1 rings (SSSR count). The van der Waals surface area contributed by atoms with E-state index in [2.05, 4.69) is 0 Å². The maximum Gasteiger partial charge on any atom is 0.333 e. The molecule has 1 atom stereocenters. The summed E-state index contributed by atoms with van der Waals surface area (Å²) in [7, 11) is 3.12. The van der Waals surface area contributed by atoms with Crippen LogP contribution in [-0.4, -0.2) is 38.0 Å². The first kappa shape index (κ1) is 16.3. The van der Waals surface area contributed by atoms with Crippen molar-refractivity contribution in [1.82, 2.24) is 0 Å². The number of carboxylic acids is 1. The van der Waals surface area contributed by atoms with Gasteiger partial charge in [-0.2, -0.15) is 0 Å². The van der Waals surface area contributed by atoms with E-state index in [1.54, 1.807) is 32.4 Å². The van der Waals surface area contributed by atoms with Crippen LogP contribution in [0.2, 0.25) is 0 Å². The molecule has 0 aliphatic carbocycles. The second-order valence-corrected chi connectivity index (χ2v) is 4.43. The van der Waals surface area contributed by atoms with Crippen molar-refractivity contribution < 1.29 is 24.1 Å². The summed E-state index contributed by atoms with van der Waals surface area (Å²) in [5, 5.41) is 9.23. The monoisotopic (exact) mass is 282 g/mol. The molecule has 0 bridgehead atoms. The lowest BCUT2D eigenvalue weighted by molar-refractivity contribution is -0.150. The molecule has 0 fully saturated rings. The third-order valence-electron chi connectivity index (χ3n) is 2.99. The van der Waals surface area contributed by atoms with Gasteiger partial charge < -0.3 is 19.3 Å². The summed E-state index contributed by atoms with van der Waals surface area (Å²) < 4.78 is 15.8. The van der Waals surface area contributed by atoms with Crippen LogP contribution < -0.4 is 9.47 Å². The molecule has 0 saturated heterocycles. The molecule has 0 aliphatic rings. The van der Waals surface area contributed by atoms with Gasteiger partial charge in [0.2, 0.25) is 0 Å². The summed E-state index contributed by atoms with van der Waals surface area (Å²) in [6.45, 7) is 2.48. The molecular weight excluding hydrogens is 260 g/mol. The van der Waals surface area contributed by atoms with Gasteiger partial charge in [0.25, 0.3) is 0 Å². The predicted octanol–water partition coefficient (Wildman–Crippen LogP) is 2.52. The van der Waals surface area contributed by atoms with Crippen molar-refractivity contribution in [3.8, 4) is 11.5 Å². The van der Waals surface area contributed by atoms with Gasteiger partial charge in [-0.1, -0.05) is 13.3 Å². The normalized spacial score (nSPS) is 11.9. The van der Waals surface area contributed by atoms with Crippen molar-refractivity contribution in [3.63, 3.8) is 0 Å². The van der Waals surface area contributed by atoms with Crippen LogP contribution in [0.4, 0.5) is 0 Å². The molecule has 112 valence electrons. The molecule has 0 saturated carbocycles. The van der Waals surface area contributed by atoms with Gasteiger partial charge in [-0.3, -0.25) is 0 Å². The lowest BCUT2D eigenvalue weighted by Crippen LogP contribution is -2.27. The summed E-state index contributed by atoms with van der Waals surface area (Å²) in [6, 6.07) is 5.31. The Bertz CT molecular complexity index is 430. The van der Waals surface area contributed by atoms with Crippen molar-refractivity contribution in [1.29, 1.82) is 0 Å². The van der Waals surface area contributed by atoms with Crippen molar-refractivity contribution in [2.24, 2.45) is 0 Å². The largest absolute Gasteiger partial charge is 0.497 e. The van der Waals surface area contributed by atoms with E-state index in [-0.39, 0.29) is 6.42 Å². The van der Waals surface area contributed by atoms with Crippen LogP contribution in [0.5, 0.6) is 11.5 Å². The Balaban J connectivity index is 2.83. The van der Waals surface area contributed by atoms with Gasteiger partial charge in [0, 0.05) is 18.6 Å². The maximum atomic E-state index is 11.3. The fourth-order valence-corrected chi connectivity index (χ4v) is 1.83. The van der Waals surface area contributed by atoms with E-state index in [4.69, 9.17) is 14.2 Å². The minimum absolute atomic E-state index is 0.249. The fourth-order valence-electron chi connectivity index (χ4n) is 1.83. The highest BCUT2D eigenvalue weighted by Gasteiger charge is 2.20. The van der Waals surface area contributed by atoms with Crippen LogP contribution in [0.3, 0.4) is 0 Å². The quantitative estimate of drug-likeness (QED) is 0.705. The predicted molar refractivity (Wildman–Crippen MR) is 75.5 cm³/mol. The minimum atomic E-state index is -0.967. The Morgan fingerprint density at radius 1 is 1.30 bits per heavy atom. The zero-order chi connectivity index (χ0) is 15.0. The Morgan fingerprint density at radius 2 is 2.05 bits per heavy atom. The van der Waals surface area contributed by atoms with Gasteiger partial charge in [-0.05, 0) is 24.6 Å². The molecule has 1 aromatic carbocycles. The minimum Gasteiger partial charge on any atom is -0.497 e. The zero-order valence-electron chi connectivity index (χ0n) is 12.2. The summed E-state index contributed by atoms with van der Waals surface area (Å²) in [4.78, 5) is 11.3. The van der Waals surface area contributed by atoms with E-state index >= 15 is 0 Å². The summed E-state index contributed by atoms with van der Waals surface area (Å²) in [5.41, 5.74) is 0.760. The molecule has 20 heavy (non-hydrogen) atoms. The molecule has 0 amide bonds. The number of hydrogen-bond donors (Lipinski definition) is 1. The SMILES string of the molecule is CCCCO[C@H](Cc1cc(OC)ccc1OC)C(=O)O. The highest BCUT2D eigenvalue weighted by molar-refractivity contribution is 5.73. The number of ether oxygens (including phenoxy) is 3. The number of rotatable bonds is 9. The molecule has 0 spiro atoms. The zero-order valence-corrected chi connectivity index (χ0v) is 12.2. The van der Waals surface area contributed by atoms with Crippen LogP contribution in [0, 0.1) is 0 Å². The lowest BCUT2D eigenvalue weighted by atomic mass is 10.1. The average molecular weight is 282 g/mol. The third kappa shape index (κ3) is 4.74. The van der Waals surface area contributed by atoms with Crippen molar-refractivity contribution in [2.45, 2.75) is 32.3 Å². The van der Waals surface area contributed by atoms with Crippen LogP contribution >= 0.6 is 0 Å². The number of hydrogen-bond acceptors (Lipinski definition) is 4. The van der Waals surface area contributed by atoms with Gasteiger partial charge in [-0.15, -0.1) is 0 Å². The number of unbranched alkanes of at least 4 members (excludes halogenated alkanes) is 1. The Hall–Kier alpha value is -1.75. The Kier molecular flexibility index (Phi) is 6.87. The molecule has 1 N–H and O–H groups in total. The fraction of sp³-hybridized carbons (Fsp3) is 0.533.